The van der Waals surface area contributed by atoms with E-state index >= 15 is 0 Å². The third kappa shape index (κ3) is 6.43. The molecule has 2 aromatic carbocycles. The monoisotopic (exact) mass is 537 g/mol. The number of carbonyl (C=O) groups excluding carboxylic acids is 1. The molecule has 38 heavy (non-hydrogen) atoms. The molecule has 5 nitrogen and oxygen atoms in total. The Bertz CT molecular complexity index is 1060. The van der Waals surface area contributed by atoms with Gasteiger partial charge in [0.1, 0.15) is 0 Å². The van der Waals surface area contributed by atoms with Crippen molar-refractivity contribution < 1.29 is 9.53 Å². The van der Waals surface area contributed by atoms with Crippen LogP contribution < -0.4 is 0 Å². The Labute approximate surface area is 234 Å². The average molecular weight is 538 g/mol. The zero-order valence-electron chi connectivity index (χ0n) is 23.6. The first-order valence-corrected chi connectivity index (χ1v) is 14.5. The van der Waals surface area contributed by atoms with Crippen molar-refractivity contribution in [3.63, 3.8) is 0 Å². The van der Waals surface area contributed by atoms with Crippen LogP contribution in [-0.2, 0) is 16.1 Å². The fourth-order valence-corrected chi connectivity index (χ4v) is 6.99. The molecule has 1 fully saturated rings. The minimum absolute atomic E-state index is 0.0000158. The number of hydrogen-bond donors (Lipinski definition) is 0. The molecule has 0 N–H and O–H groups in total. The Hall–Kier alpha value is -2.37. The molecule has 4 rings (SSSR count). The van der Waals surface area contributed by atoms with Crippen LogP contribution in [0.4, 0.5) is 0 Å². The van der Waals surface area contributed by atoms with Crippen molar-refractivity contribution in [2.45, 2.75) is 76.5 Å². The lowest BCUT2D eigenvalue weighted by Crippen LogP contribution is -2.53. The summed E-state index contributed by atoms with van der Waals surface area (Å²) in [6, 6.07) is 19.2. The Morgan fingerprint density at radius 1 is 1.08 bits per heavy atom. The van der Waals surface area contributed by atoms with Crippen molar-refractivity contribution in [3.8, 4) is 0 Å². The summed E-state index contributed by atoms with van der Waals surface area (Å²) in [5.74, 6) is 1.29. The van der Waals surface area contributed by atoms with Gasteiger partial charge >= 0.3 is 5.97 Å². The van der Waals surface area contributed by atoms with Crippen molar-refractivity contribution in [2.24, 2.45) is 22.7 Å². The maximum atomic E-state index is 13.3. The van der Waals surface area contributed by atoms with Crippen molar-refractivity contribution in [1.82, 2.24) is 9.80 Å². The summed E-state index contributed by atoms with van der Waals surface area (Å²) in [5, 5.41) is 0.782. The highest BCUT2D eigenvalue weighted by Crippen LogP contribution is 2.44. The standard InChI is InChI=1S/C32H44ClN3O2/c1-23(2)20-32(31(37)38-5)29(36(22-34-32)21-25-9-7-6-8-10-25)19-24-11-13-26(14-12-24)30(35(3)4)27-15-17-28(33)18-16-27/h6-10,15-18,22-24,26,29-30H,11-14,19-21H2,1-5H3. The van der Waals surface area contributed by atoms with Gasteiger partial charge in [0.15, 0.2) is 5.54 Å². The smallest absolute Gasteiger partial charge is 0.335 e. The summed E-state index contributed by atoms with van der Waals surface area (Å²) in [4.78, 5) is 22.9. The number of aliphatic imine (C=N–C) groups is 1. The molecule has 2 aromatic rings. The SMILES string of the molecule is COC(=O)C1(CC(C)C)N=CN(Cc2ccccc2)C1CC1CCC(C(c2ccc(Cl)cc2)N(C)C)CC1. The largest absolute Gasteiger partial charge is 0.467 e. The van der Waals surface area contributed by atoms with Crippen LogP contribution in [0.5, 0.6) is 0 Å². The van der Waals surface area contributed by atoms with Crippen molar-refractivity contribution in [1.29, 1.82) is 0 Å². The predicted octanol–water partition coefficient (Wildman–Crippen LogP) is 7.01. The minimum Gasteiger partial charge on any atom is -0.467 e. The summed E-state index contributed by atoms with van der Waals surface area (Å²) in [5.41, 5.74) is 1.72. The third-order valence-electron chi connectivity index (χ3n) is 8.52. The quantitative estimate of drug-likeness (QED) is 0.306. The number of benzene rings is 2. The lowest BCUT2D eigenvalue weighted by molar-refractivity contribution is -0.149. The summed E-state index contributed by atoms with van der Waals surface area (Å²) in [6.45, 7) is 5.08. The Kier molecular flexibility index (Phi) is 9.54. The Morgan fingerprint density at radius 3 is 2.32 bits per heavy atom. The molecular weight excluding hydrogens is 494 g/mol. The molecule has 3 atom stereocenters. The fraction of sp³-hybridized carbons (Fsp3) is 0.562. The molecule has 3 unspecified atom stereocenters. The van der Waals surface area contributed by atoms with Gasteiger partial charge in [0.25, 0.3) is 0 Å². The molecule has 0 saturated heterocycles. The highest BCUT2D eigenvalue weighted by atomic mass is 35.5. The van der Waals surface area contributed by atoms with E-state index in [1.54, 1.807) is 0 Å². The second-order valence-electron chi connectivity index (χ2n) is 11.9. The van der Waals surface area contributed by atoms with Crippen LogP contribution in [0.25, 0.3) is 0 Å². The van der Waals surface area contributed by atoms with Crippen LogP contribution in [0.3, 0.4) is 0 Å². The number of rotatable bonds is 10. The maximum absolute atomic E-state index is 13.3. The normalized spacial score (nSPS) is 26.2. The van der Waals surface area contributed by atoms with Gasteiger partial charge in [0, 0.05) is 17.6 Å². The number of carbonyl (C=O) groups is 1. The van der Waals surface area contributed by atoms with E-state index in [1.165, 1.54) is 31.1 Å². The topological polar surface area (TPSA) is 45.1 Å². The molecule has 1 aliphatic heterocycles. The zero-order valence-corrected chi connectivity index (χ0v) is 24.4. The van der Waals surface area contributed by atoms with E-state index in [4.69, 9.17) is 21.3 Å². The number of esters is 1. The van der Waals surface area contributed by atoms with E-state index in [-0.39, 0.29) is 12.0 Å². The van der Waals surface area contributed by atoms with Crippen molar-refractivity contribution in [2.75, 3.05) is 21.2 Å². The molecule has 1 heterocycles. The average Bonchev–Trinajstić information content (AvgIpc) is 3.23. The minimum atomic E-state index is -0.843. The van der Waals surface area contributed by atoms with Gasteiger partial charge < -0.3 is 14.5 Å². The Morgan fingerprint density at radius 2 is 1.74 bits per heavy atom. The number of halogens is 1. The van der Waals surface area contributed by atoms with Gasteiger partial charge in [-0.3, -0.25) is 4.99 Å². The summed E-state index contributed by atoms with van der Waals surface area (Å²) < 4.78 is 5.39. The van der Waals surface area contributed by atoms with Gasteiger partial charge in [-0.2, -0.15) is 0 Å². The van der Waals surface area contributed by atoms with Crippen molar-refractivity contribution in [3.05, 3.63) is 70.7 Å². The van der Waals surface area contributed by atoms with Gasteiger partial charge in [0.2, 0.25) is 0 Å². The van der Waals surface area contributed by atoms with E-state index in [0.717, 1.165) is 30.8 Å². The summed E-state index contributed by atoms with van der Waals surface area (Å²) >= 11 is 6.17. The van der Waals surface area contributed by atoms with Crippen LogP contribution in [0.2, 0.25) is 5.02 Å². The summed E-state index contributed by atoms with van der Waals surface area (Å²) in [6.07, 6.45) is 8.25. The highest BCUT2D eigenvalue weighted by Gasteiger charge is 2.53. The first-order chi connectivity index (χ1) is 18.2. The van der Waals surface area contributed by atoms with E-state index in [9.17, 15) is 4.79 Å². The van der Waals surface area contributed by atoms with Gasteiger partial charge in [-0.1, -0.05) is 80.8 Å². The summed E-state index contributed by atoms with van der Waals surface area (Å²) in [7, 11) is 5.86. The van der Waals surface area contributed by atoms with E-state index in [2.05, 4.69) is 74.1 Å². The number of methoxy groups -OCH3 is 1. The maximum Gasteiger partial charge on any atom is 0.335 e. The first-order valence-electron chi connectivity index (χ1n) is 14.1. The third-order valence-corrected chi connectivity index (χ3v) is 8.77. The molecule has 0 amide bonds. The lowest BCUT2D eigenvalue weighted by Gasteiger charge is -2.41. The molecule has 0 radical (unpaired) electrons. The molecule has 0 bridgehead atoms. The molecule has 6 heteroatoms. The zero-order chi connectivity index (χ0) is 27.3. The van der Waals surface area contributed by atoms with Crippen LogP contribution in [0, 0.1) is 17.8 Å². The molecule has 1 aliphatic carbocycles. The number of nitrogens with zero attached hydrogens (tertiary/aromatic N) is 3. The van der Waals surface area contributed by atoms with Gasteiger partial charge in [0.05, 0.1) is 19.5 Å². The molecule has 0 spiro atoms. The van der Waals surface area contributed by atoms with Crippen LogP contribution >= 0.6 is 11.6 Å². The predicted molar refractivity (Wildman–Crippen MR) is 156 cm³/mol. The second-order valence-corrected chi connectivity index (χ2v) is 12.3. The fourth-order valence-electron chi connectivity index (χ4n) is 6.86. The van der Waals surface area contributed by atoms with Gasteiger partial charge in [-0.05, 0) is 80.8 Å². The van der Waals surface area contributed by atoms with Crippen LogP contribution in [0.1, 0.15) is 69.5 Å². The molecule has 0 aromatic heterocycles. The molecule has 1 saturated carbocycles. The van der Waals surface area contributed by atoms with E-state index < -0.39 is 5.54 Å². The van der Waals surface area contributed by atoms with Gasteiger partial charge in [-0.15, -0.1) is 0 Å². The van der Waals surface area contributed by atoms with E-state index in [0.29, 0.717) is 30.2 Å². The number of ether oxygens (including phenoxy) is 1. The second kappa shape index (κ2) is 12.7. The highest BCUT2D eigenvalue weighted by molar-refractivity contribution is 6.30. The van der Waals surface area contributed by atoms with Gasteiger partial charge in [-0.25, -0.2) is 4.79 Å². The number of hydrogen-bond acceptors (Lipinski definition) is 5. The van der Waals surface area contributed by atoms with Crippen LogP contribution in [-0.4, -0.2) is 54.9 Å². The molecule has 2 aliphatic rings. The lowest BCUT2D eigenvalue weighted by atomic mass is 9.71. The van der Waals surface area contributed by atoms with Crippen molar-refractivity contribution >= 4 is 23.9 Å². The molecular formula is C32H44ClN3O2. The van der Waals surface area contributed by atoms with E-state index in [1.807, 2.05) is 24.5 Å². The molecule has 206 valence electrons. The first kappa shape index (κ1) is 28.6. The van der Waals surface area contributed by atoms with Crippen LogP contribution in [0.15, 0.2) is 59.6 Å². The Balaban J connectivity index is 1.51.